The fraction of sp³-hybridized carbons (Fsp3) is 0.250. The Hall–Kier alpha value is -2.36. The smallest absolute Gasteiger partial charge is 0.115 e. The van der Waals surface area contributed by atoms with E-state index >= 15 is 0 Å². The fourth-order valence-electron chi connectivity index (χ4n) is 3.08. The number of aromatic amines is 1. The molecule has 3 aromatic rings. The highest BCUT2D eigenvalue weighted by atomic mass is 16.3. The van der Waals surface area contributed by atoms with Gasteiger partial charge in [0.25, 0.3) is 0 Å². The lowest BCUT2D eigenvalue weighted by Crippen LogP contribution is -2.07. The number of aromatic nitrogens is 3. The number of aryl methyl sites for hydroxylation is 1. The number of nitrogens with one attached hydrogen (secondary N) is 1. The van der Waals surface area contributed by atoms with Gasteiger partial charge in [0.05, 0.1) is 17.4 Å². The molecule has 0 bridgehead atoms. The molecule has 2 aromatic heterocycles. The highest BCUT2D eigenvalue weighted by molar-refractivity contribution is 5.84. The Bertz CT molecular complexity index is 774. The number of benzene rings is 1. The highest BCUT2D eigenvalue weighted by Gasteiger charge is 2.20. The maximum absolute atomic E-state index is 9.45. The van der Waals surface area contributed by atoms with Crippen molar-refractivity contribution in [3.63, 3.8) is 0 Å². The first-order chi connectivity index (χ1) is 9.83. The molecular weight excluding hydrogens is 250 g/mol. The summed E-state index contributed by atoms with van der Waals surface area (Å²) in [5.41, 5.74) is 6.80. The van der Waals surface area contributed by atoms with Crippen molar-refractivity contribution >= 4 is 11.0 Å². The van der Waals surface area contributed by atoms with Crippen molar-refractivity contribution in [1.29, 1.82) is 0 Å². The van der Waals surface area contributed by atoms with Crippen molar-refractivity contribution in [2.45, 2.75) is 25.7 Å². The summed E-state index contributed by atoms with van der Waals surface area (Å²) >= 11 is 0. The zero-order valence-corrected chi connectivity index (χ0v) is 11.1. The summed E-state index contributed by atoms with van der Waals surface area (Å²) in [4.78, 5) is 4.77. The van der Waals surface area contributed by atoms with Crippen LogP contribution in [0.25, 0.3) is 22.3 Å². The third kappa shape index (κ3) is 1.68. The van der Waals surface area contributed by atoms with Gasteiger partial charge in [0.2, 0.25) is 0 Å². The molecule has 4 nitrogen and oxygen atoms in total. The number of hydrogen-bond acceptors (Lipinski definition) is 3. The van der Waals surface area contributed by atoms with Crippen LogP contribution in [-0.2, 0) is 12.8 Å². The summed E-state index contributed by atoms with van der Waals surface area (Å²) in [5, 5.41) is 16.7. The molecule has 0 atom stereocenters. The van der Waals surface area contributed by atoms with E-state index < -0.39 is 0 Å². The predicted molar refractivity (Wildman–Crippen MR) is 77.6 cm³/mol. The summed E-state index contributed by atoms with van der Waals surface area (Å²) in [6, 6.07) is 7.29. The second kappa shape index (κ2) is 4.34. The second-order valence-corrected chi connectivity index (χ2v) is 5.30. The Morgan fingerprint density at radius 2 is 1.75 bits per heavy atom. The molecule has 4 rings (SSSR count). The van der Waals surface area contributed by atoms with E-state index in [4.69, 9.17) is 4.98 Å². The number of rotatable bonds is 1. The average Bonchev–Trinajstić information content (AvgIpc) is 2.96. The minimum absolute atomic E-state index is 0.284. The van der Waals surface area contributed by atoms with E-state index in [9.17, 15) is 5.11 Å². The van der Waals surface area contributed by atoms with Crippen LogP contribution < -0.4 is 0 Å². The Morgan fingerprint density at radius 3 is 2.55 bits per heavy atom. The molecule has 2 heterocycles. The number of fused-ring (bicyclic) bond motifs is 3. The third-order valence-corrected chi connectivity index (χ3v) is 4.05. The summed E-state index contributed by atoms with van der Waals surface area (Å²) in [5.74, 6) is 0.284. The van der Waals surface area contributed by atoms with Crippen LogP contribution in [0.15, 0.2) is 30.5 Å². The largest absolute Gasteiger partial charge is 0.508 e. The van der Waals surface area contributed by atoms with Crippen LogP contribution >= 0.6 is 0 Å². The van der Waals surface area contributed by atoms with Crippen LogP contribution in [-0.4, -0.2) is 20.3 Å². The lowest BCUT2D eigenvalue weighted by molar-refractivity contribution is 0.475. The molecule has 0 amide bonds. The number of hydrogen-bond donors (Lipinski definition) is 2. The van der Waals surface area contributed by atoms with Crippen molar-refractivity contribution in [2.24, 2.45) is 0 Å². The van der Waals surface area contributed by atoms with Crippen molar-refractivity contribution in [3.8, 4) is 17.0 Å². The first kappa shape index (κ1) is 11.5. The van der Waals surface area contributed by atoms with Crippen molar-refractivity contribution < 1.29 is 5.11 Å². The molecule has 0 fully saturated rings. The number of phenolic OH excluding ortho intramolecular Hbond substituents is 1. The lowest BCUT2D eigenvalue weighted by atomic mass is 9.88. The van der Waals surface area contributed by atoms with Crippen molar-refractivity contribution in [3.05, 3.63) is 41.6 Å². The molecule has 0 aliphatic heterocycles. The number of aromatic hydroxyl groups is 1. The molecule has 20 heavy (non-hydrogen) atoms. The van der Waals surface area contributed by atoms with Crippen LogP contribution in [0.2, 0.25) is 0 Å². The molecule has 1 aromatic carbocycles. The Kier molecular flexibility index (Phi) is 2.49. The maximum atomic E-state index is 9.45. The average molecular weight is 265 g/mol. The van der Waals surface area contributed by atoms with Gasteiger partial charge >= 0.3 is 0 Å². The van der Waals surface area contributed by atoms with Gasteiger partial charge in [-0.1, -0.05) is 0 Å². The summed E-state index contributed by atoms with van der Waals surface area (Å²) < 4.78 is 0. The third-order valence-electron chi connectivity index (χ3n) is 4.05. The Balaban J connectivity index is 2.00. The number of phenols is 1. The molecule has 4 heteroatoms. The SMILES string of the molecule is Oc1ccc(-c2nc3cn[nH]c3c3c2CCCC3)cc1. The summed E-state index contributed by atoms with van der Waals surface area (Å²) in [6.07, 6.45) is 6.36. The normalized spacial score (nSPS) is 14.4. The fourth-order valence-corrected chi connectivity index (χ4v) is 3.08. The first-order valence-electron chi connectivity index (χ1n) is 6.97. The van der Waals surface area contributed by atoms with E-state index in [1.54, 1.807) is 18.3 Å². The quantitative estimate of drug-likeness (QED) is 0.710. The zero-order valence-electron chi connectivity index (χ0n) is 11.1. The van der Waals surface area contributed by atoms with Crippen LogP contribution in [0.1, 0.15) is 24.0 Å². The van der Waals surface area contributed by atoms with E-state index in [2.05, 4.69) is 10.2 Å². The predicted octanol–water partition coefficient (Wildman–Crippen LogP) is 3.21. The summed E-state index contributed by atoms with van der Waals surface area (Å²) in [6.45, 7) is 0. The van der Waals surface area contributed by atoms with E-state index in [1.807, 2.05) is 12.1 Å². The Morgan fingerprint density at radius 1 is 1.00 bits per heavy atom. The van der Waals surface area contributed by atoms with Crippen molar-refractivity contribution in [2.75, 3.05) is 0 Å². The first-order valence-corrected chi connectivity index (χ1v) is 6.97. The van der Waals surface area contributed by atoms with Gasteiger partial charge in [0.1, 0.15) is 11.3 Å². The van der Waals surface area contributed by atoms with E-state index in [1.165, 1.54) is 24.0 Å². The van der Waals surface area contributed by atoms with E-state index in [0.29, 0.717) is 0 Å². The van der Waals surface area contributed by atoms with Gasteiger partial charge in [-0.2, -0.15) is 5.10 Å². The minimum Gasteiger partial charge on any atom is -0.508 e. The molecule has 0 unspecified atom stereocenters. The van der Waals surface area contributed by atoms with Crippen molar-refractivity contribution in [1.82, 2.24) is 15.2 Å². The minimum atomic E-state index is 0.284. The Labute approximate surface area is 116 Å². The number of H-pyrrole nitrogens is 1. The molecule has 1 aliphatic carbocycles. The maximum Gasteiger partial charge on any atom is 0.115 e. The molecule has 0 radical (unpaired) electrons. The van der Waals surface area contributed by atoms with Crippen LogP contribution in [0, 0.1) is 0 Å². The zero-order chi connectivity index (χ0) is 13.5. The molecule has 100 valence electrons. The molecule has 0 spiro atoms. The molecule has 1 aliphatic rings. The number of nitrogens with zero attached hydrogens (tertiary/aromatic N) is 2. The van der Waals surface area contributed by atoms with Crippen LogP contribution in [0.3, 0.4) is 0 Å². The lowest BCUT2D eigenvalue weighted by Gasteiger charge is -2.19. The second-order valence-electron chi connectivity index (χ2n) is 5.30. The number of pyridine rings is 1. The van der Waals surface area contributed by atoms with E-state index in [-0.39, 0.29) is 5.75 Å². The van der Waals surface area contributed by atoms with E-state index in [0.717, 1.165) is 35.1 Å². The van der Waals surface area contributed by atoms with Gasteiger partial charge < -0.3 is 5.11 Å². The van der Waals surface area contributed by atoms with Gasteiger partial charge in [-0.05, 0) is 61.1 Å². The monoisotopic (exact) mass is 265 g/mol. The van der Waals surface area contributed by atoms with Crippen LogP contribution in [0.4, 0.5) is 0 Å². The van der Waals surface area contributed by atoms with Gasteiger partial charge in [-0.25, -0.2) is 4.98 Å². The summed E-state index contributed by atoms with van der Waals surface area (Å²) in [7, 11) is 0. The molecule has 2 N–H and O–H groups in total. The van der Waals surface area contributed by atoms with Gasteiger partial charge in [-0.3, -0.25) is 5.10 Å². The van der Waals surface area contributed by atoms with Gasteiger partial charge in [0.15, 0.2) is 0 Å². The molecule has 0 saturated carbocycles. The molecule has 0 saturated heterocycles. The van der Waals surface area contributed by atoms with Gasteiger partial charge in [-0.15, -0.1) is 0 Å². The highest BCUT2D eigenvalue weighted by Crippen LogP contribution is 2.34. The topological polar surface area (TPSA) is 61.8 Å². The standard InChI is InChI=1S/C16H15N3O/c20-11-7-5-10(6-8-11)15-12-3-1-2-4-13(12)16-14(18-15)9-17-19-16/h5-9,20H,1-4H2,(H,17,19). The molecular formula is C16H15N3O. The van der Waals surface area contributed by atoms with Gasteiger partial charge in [0, 0.05) is 5.56 Å². The van der Waals surface area contributed by atoms with Crippen LogP contribution in [0.5, 0.6) is 5.75 Å².